The molecule has 1 saturated carbocycles. The number of rotatable bonds is 5. The van der Waals surface area contributed by atoms with Gasteiger partial charge in [0, 0.05) is 35.0 Å². The molecule has 0 radical (unpaired) electrons. The Morgan fingerprint density at radius 2 is 2.19 bits per heavy atom. The van der Waals surface area contributed by atoms with Crippen LogP contribution >= 0.6 is 27.5 Å². The lowest BCUT2D eigenvalue weighted by molar-refractivity contribution is 0.268. The molecule has 0 atom stereocenters. The smallest absolute Gasteiger partial charge is 0.129 e. The highest BCUT2D eigenvalue weighted by Crippen LogP contribution is 2.30. The molecule has 0 aromatic heterocycles. The first-order valence-electron chi connectivity index (χ1n) is 5.45. The Bertz CT molecular complexity index is 348. The first-order valence-corrected chi connectivity index (χ1v) is 6.95. The Labute approximate surface area is 109 Å². The second-order valence-corrected chi connectivity index (χ2v) is 5.29. The van der Waals surface area contributed by atoms with Gasteiger partial charge in [0.1, 0.15) is 5.82 Å². The van der Waals surface area contributed by atoms with E-state index >= 15 is 0 Å². The first kappa shape index (κ1) is 12.3. The monoisotopic (exact) mass is 305 g/mol. The van der Waals surface area contributed by atoms with Crippen molar-refractivity contribution in [3.05, 3.63) is 34.6 Å². The molecule has 2 rings (SSSR count). The van der Waals surface area contributed by atoms with Crippen LogP contribution in [0.15, 0.2) is 18.2 Å². The van der Waals surface area contributed by atoms with E-state index in [9.17, 15) is 4.39 Å². The van der Waals surface area contributed by atoms with Crippen LogP contribution in [0.2, 0.25) is 5.02 Å². The average Bonchev–Trinajstić information content (AvgIpc) is 3.06. The van der Waals surface area contributed by atoms with Crippen LogP contribution in [0.5, 0.6) is 0 Å². The van der Waals surface area contributed by atoms with Crippen molar-refractivity contribution in [2.75, 3.05) is 11.9 Å². The van der Waals surface area contributed by atoms with Crippen molar-refractivity contribution in [3.63, 3.8) is 0 Å². The van der Waals surface area contributed by atoms with Gasteiger partial charge in [0.05, 0.1) is 0 Å². The molecule has 1 nitrogen and oxygen atoms in total. The third kappa shape index (κ3) is 2.96. The molecule has 0 aliphatic heterocycles. The maximum Gasteiger partial charge on any atom is 0.129 e. The Hall–Kier alpha value is -0.120. The van der Waals surface area contributed by atoms with Gasteiger partial charge in [0.15, 0.2) is 0 Å². The molecule has 0 saturated heterocycles. The highest BCUT2D eigenvalue weighted by molar-refractivity contribution is 9.09. The van der Waals surface area contributed by atoms with Gasteiger partial charge in [-0.2, -0.15) is 0 Å². The van der Waals surface area contributed by atoms with E-state index in [1.807, 2.05) is 0 Å². The molecule has 0 heterocycles. The minimum Gasteiger partial charge on any atom is -0.295 e. The number of alkyl halides is 1. The number of hydrogen-bond acceptors (Lipinski definition) is 1. The molecule has 88 valence electrons. The van der Waals surface area contributed by atoms with Gasteiger partial charge in [-0.1, -0.05) is 33.6 Å². The summed E-state index contributed by atoms with van der Waals surface area (Å²) in [7, 11) is 0. The van der Waals surface area contributed by atoms with Crippen LogP contribution in [-0.4, -0.2) is 22.8 Å². The van der Waals surface area contributed by atoms with Crippen LogP contribution in [0.3, 0.4) is 0 Å². The fraction of sp³-hybridized carbons (Fsp3) is 0.500. The molecule has 1 aromatic carbocycles. The van der Waals surface area contributed by atoms with E-state index in [1.54, 1.807) is 12.1 Å². The van der Waals surface area contributed by atoms with Gasteiger partial charge < -0.3 is 0 Å². The summed E-state index contributed by atoms with van der Waals surface area (Å²) >= 11 is 9.45. The summed E-state index contributed by atoms with van der Waals surface area (Å²) in [6.45, 7) is 1.55. The van der Waals surface area contributed by atoms with E-state index in [-0.39, 0.29) is 5.82 Å². The van der Waals surface area contributed by atoms with Gasteiger partial charge in [-0.3, -0.25) is 4.90 Å². The molecule has 1 fully saturated rings. The van der Waals surface area contributed by atoms with E-state index in [0.29, 0.717) is 23.2 Å². The zero-order valence-electron chi connectivity index (χ0n) is 8.93. The number of halogens is 3. The zero-order valence-corrected chi connectivity index (χ0v) is 11.3. The van der Waals surface area contributed by atoms with Crippen LogP contribution in [0, 0.1) is 5.82 Å². The van der Waals surface area contributed by atoms with Gasteiger partial charge in [0.2, 0.25) is 0 Å². The van der Waals surface area contributed by atoms with E-state index in [0.717, 1.165) is 11.9 Å². The Balaban J connectivity index is 2.11. The van der Waals surface area contributed by atoms with Crippen molar-refractivity contribution in [1.82, 2.24) is 4.90 Å². The molecule has 0 amide bonds. The lowest BCUT2D eigenvalue weighted by Crippen LogP contribution is -2.28. The normalized spacial score (nSPS) is 15.8. The maximum atomic E-state index is 13.6. The van der Waals surface area contributed by atoms with Crippen molar-refractivity contribution in [3.8, 4) is 0 Å². The summed E-state index contributed by atoms with van der Waals surface area (Å²) in [5.41, 5.74) is 0.622. The molecule has 16 heavy (non-hydrogen) atoms. The maximum absolute atomic E-state index is 13.6. The Morgan fingerprint density at radius 3 is 2.75 bits per heavy atom. The lowest BCUT2D eigenvalue weighted by Gasteiger charge is -2.21. The largest absolute Gasteiger partial charge is 0.295 e. The zero-order chi connectivity index (χ0) is 11.5. The van der Waals surface area contributed by atoms with Crippen LogP contribution in [0.4, 0.5) is 4.39 Å². The third-order valence-electron chi connectivity index (χ3n) is 2.86. The van der Waals surface area contributed by atoms with Crippen LogP contribution in [0.1, 0.15) is 18.4 Å². The molecule has 0 unspecified atom stereocenters. The van der Waals surface area contributed by atoms with E-state index < -0.39 is 0 Å². The topological polar surface area (TPSA) is 3.24 Å². The molecule has 0 N–H and O–H groups in total. The fourth-order valence-corrected chi connectivity index (χ4v) is 2.50. The summed E-state index contributed by atoms with van der Waals surface area (Å²) < 4.78 is 13.6. The predicted octanol–water partition coefficient (Wildman–Crippen LogP) is 3.84. The molecule has 0 spiro atoms. The van der Waals surface area contributed by atoms with Gasteiger partial charge in [-0.15, -0.1) is 0 Å². The summed E-state index contributed by atoms with van der Waals surface area (Å²) in [4.78, 5) is 2.29. The van der Waals surface area contributed by atoms with Crippen molar-refractivity contribution in [2.45, 2.75) is 25.4 Å². The van der Waals surface area contributed by atoms with E-state index in [2.05, 4.69) is 20.8 Å². The van der Waals surface area contributed by atoms with Crippen LogP contribution in [0.25, 0.3) is 0 Å². The highest BCUT2D eigenvalue weighted by atomic mass is 79.9. The van der Waals surface area contributed by atoms with Crippen molar-refractivity contribution in [1.29, 1.82) is 0 Å². The molecule has 1 aromatic rings. The molecular formula is C12H14BrClFN. The number of hydrogen-bond donors (Lipinski definition) is 0. The molecule has 4 heteroatoms. The fourth-order valence-electron chi connectivity index (χ4n) is 1.83. The van der Waals surface area contributed by atoms with Crippen molar-refractivity contribution in [2.24, 2.45) is 0 Å². The van der Waals surface area contributed by atoms with Gasteiger partial charge >= 0.3 is 0 Å². The standard InChI is InChI=1S/C12H14BrClFN/c13-6-7-16(9-4-5-9)8-10-11(14)2-1-3-12(10)15/h1-3,9H,4-8H2. The predicted molar refractivity (Wildman–Crippen MR) is 68.6 cm³/mol. The summed E-state index contributed by atoms with van der Waals surface area (Å²) in [6, 6.07) is 5.49. The van der Waals surface area contributed by atoms with Crippen LogP contribution in [-0.2, 0) is 6.54 Å². The van der Waals surface area contributed by atoms with E-state index in [1.165, 1.54) is 18.9 Å². The van der Waals surface area contributed by atoms with Crippen molar-refractivity contribution < 1.29 is 4.39 Å². The quantitative estimate of drug-likeness (QED) is 0.747. The molecule has 1 aliphatic rings. The third-order valence-corrected chi connectivity index (χ3v) is 3.57. The van der Waals surface area contributed by atoms with Crippen LogP contribution < -0.4 is 0 Å². The lowest BCUT2D eigenvalue weighted by atomic mass is 10.2. The van der Waals surface area contributed by atoms with Gasteiger partial charge in [-0.25, -0.2) is 4.39 Å². The van der Waals surface area contributed by atoms with Gasteiger partial charge in [0.25, 0.3) is 0 Å². The summed E-state index contributed by atoms with van der Waals surface area (Å²) in [6.07, 6.45) is 2.44. The van der Waals surface area contributed by atoms with E-state index in [4.69, 9.17) is 11.6 Å². The number of benzene rings is 1. The Kier molecular flexibility index (Phi) is 4.22. The minimum absolute atomic E-state index is 0.201. The SMILES string of the molecule is Fc1cccc(Cl)c1CN(CCBr)C1CC1. The van der Waals surface area contributed by atoms with Gasteiger partial charge in [-0.05, 0) is 25.0 Å². The first-order chi connectivity index (χ1) is 7.72. The highest BCUT2D eigenvalue weighted by Gasteiger charge is 2.29. The second kappa shape index (κ2) is 5.48. The molecule has 0 bridgehead atoms. The summed E-state index contributed by atoms with van der Waals surface area (Å²) in [5, 5.41) is 1.44. The van der Waals surface area contributed by atoms with Crippen molar-refractivity contribution >= 4 is 27.5 Å². The molecular weight excluding hydrogens is 292 g/mol. The minimum atomic E-state index is -0.201. The Morgan fingerprint density at radius 1 is 1.44 bits per heavy atom. The summed E-state index contributed by atoms with van der Waals surface area (Å²) in [5.74, 6) is -0.201. The molecule has 1 aliphatic carbocycles. The second-order valence-electron chi connectivity index (χ2n) is 4.09. The average molecular weight is 307 g/mol. The number of nitrogens with zero attached hydrogens (tertiary/aromatic N) is 1.